The minimum atomic E-state index is -0.792. The molecule has 0 saturated heterocycles. The molecule has 0 fully saturated rings. The summed E-state index contributed by atoms with van der Waals surface area (Å²) < 4.78 is 42.0. The maximum Gasteiger partial charge on any atom is 0.254 e. The van der Waals surface area contributed by atoms with Crippen LogP contribution in [-0.2, 0) is 6.61 Å². The SMILES string of the molecule is COc1ccc(-c2nnc(COc3ccc(F)cc3F)o2)cc1. The summed E-state index contributed by atoms with van der Waals surface area (Å²) in [5, 5.41) is 7.73. The number of hydrogen-bond acceptors (Lipinski definition) is 5. The molecule has 0 radical (unpaired) electrons. The zero-order chi connectivity index (χ0) is 16.2. The first-order chi connectivity index (χ1) is 11.2. The minimum Gasteiger partial charge on any atom is -0.497 e. The number of ether oxygens (including phenoxy) is 2. The van der Waals surface area contributed by atoms with E-state index in [1.54, 1.807) is 31.4 Å². The molecule has 0 unspecified atom stereocenters. The van der Waals surface area contributed by atoms with Gasteiger partial charge in [0.1, 0.15) is 11.6 Å². The quantitative estimate of drug-likeness (QED) is 0.719. The van der Waals surface area contributed by atoms with E-state index in [2.05, 4.69) is 10.2 Å². The van der Waals surface area contributed by atoms with Gasteiger partial charge in [0, 0.05) is 11.6 Å². The van der Waals surface area contributed by atoms with Gasteiger partial charge >= 0.3 is 0 Å². The lowest BCUT2D eigenvalue weighted by atomic mass is 10.2. The van der Waals surface area contributed by atoms with Gasteiger partial charge in [-0.25, -0.2) is 8.78 Å². The molecule has 2 aromatic carbocycles. The highest BCUT2D eigenvalue weighted by molar-refractivity contribution is 5.53. The highest BCUT2D eigenvalue weighted by Crippen LogP contribution is 2.22. The van der Waals surface area contributed by atoms with Gasteiger partial charge in [0.05, 0.1) is 7.11 Å². The van der Waals surface area contributed by atoms with Gasteiger partial charge in [0.25, 0.3) is 5.89 Å². The van der Waals surface area contributed by atoms with Crippen molar-refractivity contribution in [3.05, 3.63) is 60.0 Å². The molecule has 3 rings (SSSR count). The van der Waals surface area contributed by atoms with Crippen LogP contribution in [0.25, 0.3) is 11.5 Å². The van der Waals surface area contributed by atoms with Crippen LogP contribution in [0.3, 0.4) is 0 Å². The second-order valence-electron chi connectivity index (χ2n) is 4.59. The number of aromatic nitrogens is 2. The molecular weight excluding hydrogens is 306 g/mol. The molecule has 0 aliphatic carbocycles. The molecule has 0 aliphatic rings. The average molecular weight is 318 g/mol. The summed E-state index contributed by atoms with van der Waals surface area (Å²) in [6, 6.07) is 10.1. The van der Waals surface area contributed by atoms with Crippen molar-refractivity contribution in [2.75, 3.05) is 7.11 Å². The van der Waals surface area contributed by atoms with E-state index in [0.29, 0.717) is 11.6 Å². The van der Waals surface area contributed by atoms with E-state index in [-0.39, 0.29) is 18.2 Å². The highest BCUT2D eigenvalue weighted by atomic mass is 19.1. The van der Waals surface area contributed by atoms with Crippen molar-refractivity contribution < 1.29 is 22.7 Å². The number of methoxy groups -OCH3 is 1. The van der Waals surface area contributed by atoms with Gasteiger partial charge in [-0.1, -0.05) is 0 Å². The van der Waals surface area contributed by atoms with Crippen LogP contribution < -0.4 is 9.47 Å². The Balaban J connectivity index is 1.69. The third kappa shape index (κ3) is 3.45. The summed E-state index contributed by atoms with van der Waals surface area (Å²) in [6.07, 6.45) is 0. The number of nitrogens with zero attached hydrogens (tertiary/aromatic N) is 2. The largest absolute Gasteiger partial charge is 0.497 e. The molecule has 0 aliphatic heterocycles. The Morgan fingerprint density at radius 3 is 2.52 bits per heavy atom. The second kappa shape index (κ2) is 6.43. The van der Waals surface area contributed by atoms with Gasteiger partial charge in [0.15, 0.2) is 18.2 Å². The minimum absolute atomic E-state index is 0.0874. The molecule has 118 valence electrons. The number of hydrogen-bond donors (Lipinski definition) is 0. The maximum absolute atomic E-state index is 13.5. The van der Waals surface area contributed by atoms with E-state index >= 15 is 0 Å². The van der Waals surface area contributed by atoms with Crippen LogP contribution in [-0.4, -0.2) is 17.3 Å². The summed E-state index contributed by atoms with van der Waals surface area (Å²) in [4.78, 5) is 0. The molecule has 23 heavy (non-hydrogen) atoms. The average Bonchev–Trinajstić information content (AvgIpc) is 3.03. The molecule has 0 N–H and O–H groups in total. The predicted octanol–water partition coefficient (Wildman–Crippen LogP) is 3.60. The van der Waals surface area contributed by atoms with Crippen molar-refractivity contribution >= 4 is 0 Å². The van der Waals surface area contributed by atoms with Crippen molar-refractivity contribution in [2.45, 2.75) is 6.61 Å². The van der Waals surface area contributed by atoms with Gasteiger partial charge < -0.3 is 13.9 Å². The summed E-state index contributed by atoms with van der Waals surface area (Å²) in [6.45, 7) is -0.119. The Morgan fingerprint density at radius 2 is 1.83 bits per heavy atom. The molecule has 3 aromatic rings. The van der Waals surface area contributed by atoms with E-state index in [4.69, 9.17) is 13.9 Å². The molecule has 5 nitrogen and oxygen atoms in total. The Bertz CT molecular complexity index is 803. The van der Waals surface area contributed by atoms with Gasteiger partial charge in [-0.05, 0) is 36.4 Å². The highest BCUT2D eigenvalue weighted by Gasteiger charge is 2.11. The van der Waals surface area contributed by atoms with Crippen LogP contribution in [0.2, 0.25) is 0 Å². The normalized spacial score (nSPS) is 10.6. The van der Waals surface area contributed by atoms with Crippen molar-refractivity contribution in [1.29, 1.82) is 0 Å². The lowest BCUT2D eigenvalue weighted by Gasteiger charge is -2.04. The number of benzene rings is 2. The van der Waals surface area contributed by atoms with Crippen LogP contribution in [0.1, 0.15) is 5.89 Å². The smallest absolute Gasteiger partial charge is 0.254 e. The fourth-order valence-corrected chi connectivity index (χ4v) is 1.89. The third-order valence-electron chi connectivity index (χ3n) is 3.05. The van der Waals surface area contributed by atoms with Gasteiger partial charge in [0.2, 0.25) is 5.89 Å². The second-order valence-corrected chi connectivity index (χ2v) is 4.59. The van der Waals surface area contributed by atoms with E-state index in [0.717, 1.165) is 17.7 Å². The molecule has 0 atom stereocenters. The Labute approximate surface area is 130 Å². The van der Waals surface area contributed by atoms with Gasteiger partial charge in [-0.2, -0.15) is 0 Å². The first-order valence-corrected chi connectivity index (χ1v) is 6.70. The first kappa shape index (κ1) is 15.0. The van der Waals surface area contributed by atoms with E-state index < -0.39 is 11.6 Å². The molecule has 0 amide bonds. The Kier molecular flexibility index (Phi) is 4.18. The van der Waals surface area contributed by atoms with Gasteiger partial charge in [-0.3, -0.25) is 0 Å². The topological polar surface area (TPSA) is 57.4 Å². The van der Waals surface area contributed by atoms with Crippen LogP contribution in [0, 0.1) is 11.6 Å². The van der Waals surface area contributed by atoms with Crippen molar-refractivity contribution in [3.8, 4) is 23.0 Å². The fraction of sp³-hybridized carbons (Fsp3) is 0.125. The zero-order valence-electron chi connectivity index (χ0n) is 12.1. The summed E-state index contributed by atoms with van der Waals surface area (Å²) in [7, 11) is 1.58. The van der Waals surface area contributed by atoms with Gasteiger partial charge in [-0.15, -0.1) is 10.2 Å². The lowest BCUT2D eigenvalue weighted by molar-refractivity contribution is 0.252. The molecule has 1 aromatic heterocycles. The number of rotatable bonds is 5. The molecule has 7 heteroatoms. The van der Waals surface area contributed by atoms with Crippen LogP contribution in [0.15, 0.2) is 46.9 Å². The van der Waals surface area contributed by atoms with E-state index in [9.17, 15) is 8.78 Å². The monoisotopic (exact) mass is 318 g/mol. The molecule has 0 spiro atoms. The zero-order valence-corrected chi connectivity index (χ0v) is 12.1. The molecular formula is C16H12F2N2O3. The van der Waals surface area contributed by atoms with Crippen molar-refractivity contribution in [3.63, 3.8) is 0 Å². The standard InChI is InChI=1S/C16H12F2N2O3/c1-21-12-5-2-10(3-6-12)16-20-19-15(23-16)9-22-14-7-4-11(17)8-13(14)18/h2-8H,9H2,1H3. The predicted molar refractivity (Wildman–Crippen MR) is 77.0 cm³/mol. The van der Waals surface area contributed by atoms with Crippen LogP contribution >= 0.6 is 0 Å². The summed E-state index contributed by atoms with van der Waals surface area (Å²) >= 11 is 0. The van der Waals surface area contributed by atoms with E-state index in [1.807, 2.05) is 0 Å². The molecule has 0 bridgehead atoms. The van der Waals surface area contributed by atoms with Crippen LogP contribution in [0.5, 0.6) is 11.5 Å². The third-order valence-corrected chi connectivity index (χ3v) is 3.05. The van der Waals surface area contributed by atoms with Crippen molar-refractivity contribution in [1.82, 2.24) is 10.2 Å². The fourth-order valence-electron chi connectivity index (χ4n) is 1.89. The summed E-state index contributed by atoms with van der Waals surface area (Å²) in [5.41, 5.74) is 0.720. The lowest BCUT2D eigenvalue weighted by Crippen LogP contribution is -1.98. The Morgan fingerprint density at radius 1 is 1.04 bits per heavy atom. The van der Waals surface area contributed by atoms with E-state index in [1.165, 1.54) is 6.07 Å². The first-order valence-electron chi connectivity index (χ1n) is 6.70. The Hall–Kier alpha value is -2.96. The summed E-state index contributed by atoms with van der Waals surface area (Å²) in [5.74, 6) is -0.348. The van der Waals surface area contributed by atoms with Crippen LogP contribution in [0.4, 0.5) is 8.78 Å². The maximum atomic E-state index is 13.5. The van der Waals surface area contributed by atoms with Crippen molar-refractivity contribution in [2.24, 2.45) is 0 Å². The molecule has 1 heterocycles. The molecule has 0 saturated carbocycles. The number of halogens is 2.